The second-order valence-corrected chi connectivity index (χ2v) is 9.50. The van der Waals surface area contributed by atoms with Crippen LogP contribution in [0.15, 0.2) is 40.0 Å². The van der Waals surface area contributed by atoms with Gasteiger partial charge in [0, 0.05) is 38.9 Å². The van der Waals surface area contributed by atoms with E-state index in [1.165, 1.54) is 83.9 Å². The molecule has 0 spiro atoms. The maximum absolute atomic E-state index is 4.22. The van der Waals surface area contributed by atoms with Gasteiger partial charge in [-0.2, -0.15) is 0 Å². The topological polar surface area (TPSA) is 16.1 Å². The van der Waals surface area contributed by atoms with Crippen LogP contribution in [0.3, 0.4) is 0 Å². The van der Waals surface area contributed by atoms with Crippen molar-refractivity contribution in [2.75, 3.05) is 18.8 Å². The molecule has 0 radical (unpaired) electrons. The van der Waals surface area contributed by atoms with Gasteiger partial charge < -0.3 is 4.90 Å². The summed E-state index contributed by atoms with van der Waals surface area (Å²) in [5.41, 5.74) is 0. The number of hydrogen-bond acceptors (Lipinski definition) is 3. The van der Waals surface area contributed by atoms with Crippen molar-refractivity contribution in [3.63, 3.8) is 0 Å². The molecule has 2 nitrogen and oxygen atoms in total. The van der Waals surface area contributed by atoms with Crippen molar-refractivity contribution in [3.8, 4) is 0 Å². The van der Waals surface area contributed by atoms with Gasteiger partial charge in [0.05, 0.1) is 0 Å². The Kier molecular flexibility index (Phi) is 5.99. The van der Waals surface area contributed by atoms with Gasteiger partial charge in [-0.15, -0.1) is 11.8 Å². The fraction of sp³-hybridized carbons (Fsp3) is 0.571. The third-order valence-electron chi connectivity index (χ3n) is 5.91. The number of nitrogens with zero attached hydrogens (tertiary/aromatic N) is 2. The Balaban J connectivity index is 1.31. The molecule has 25 heavy (non-hydrogen) atoms. The Hall–Kier alpha value is -0.580. The van der Waals surface area contributed by atoms with E-state index in [0.29, 0.717) is 0 Å². The maximum atomic E-state index is 4.22. The van der Waals surface area contributed by atoms with Crippen molar-refractivity contribution < 1.29 is 0 Å². The molecule has 4 rings (SSSR count). The summed E-state index contributed by atoms with van der Waals surface area (Å²) >= 11 is 5.77. The van der Waals surface area contributed by atoms with E-state index >= 15 is 0 Å². The quantitative estimate of drug-likeness (QED) is 0.555. The summed E-state index contributed by atoms with van der Waals surface area (Å²) in [7, 11) is 0. The number of benzene rings is 1. The molecule has 1 aromatic heterocycles. The van der Waals surface area contributed by atoms with Crippen LogP contribution >= 0.6 is 27.7 Å². The number of likely N-dealkylation sites (tertiary alicyclic amines) is 1. The normalized spacial score (nSPS) is 21.0. The summed E-state index contributed by atoms with van der Waals surface area (Å²) in [6, 6.07) is 7.51. The van der Waals surface area contributed by atoms with Gasteiger partial charge in [0.25, 0.3) is 0 Å². The zero-order valence-corrected chi connectivity index (χ0v) is 17.2. The molecule has 1 aliphatic carbocycles. The lowest BCUT2D eigenvalue weighted by molar-refractivity contribution is 0.112. The molecule has 2 aromatic rings. The summed E-state index contributed by atoms with van der Waals surface area (Å²) in [4.78, 5) is 8.38. The number of halogens is 1. The maximum Gasteiger partial charge on any atom is 0.0346 e. The zero-order chi connectivity index (χ0) is 17.1. The highest BCUT2D eigenvalue weighted by molar-refractivity contribution is 9.10. The molecule has 0 amide bonds. The molecule has 1 saturated heterocycles. The Morgan fingerprint density at radius 2 is 1.84 bits per heavy atom. The van der Waals surface area contributed by atoms with E-state index in [1.54, 1.807) is 0 Å². The molecule has 1 saturated carbocycles. The molecular formula is C21H27BrN2S. The van der Waals surface area contributed by atoms with Crippen LogP contribution in [0, 0.1) is 5.92 Å². The van der Waals surface area contributed by atoms with Gasteiger partial charge in [0.15, 0.2) is 0 Å². The summed E-state index contributed by atoms with van der Waals surface area (Å²) in [6.07, 6.45) is 13.8. The molecule has 0 N–H and O–H groups in total. The van der Waals surface area contributed by atoms with E-state index in [4.69, 9.17) is 0 Å². The molecule has 1 aromatic carbocycles. The molecule has 2 fully saturated rings. The molecule has 0 unspecified atom stereocenters. The van der Waals surface area contributed by atoms with Gasteiger partial charge in [0.1, 0.15) is 0 Å². The number of pyridine rings is 1. The molecule has 2 aliphatic rings. The summed E-state index contributed by atoms with van der Waals surface area (Å²) in [5, 5.41) is 2.49. The first-order valence-corrected chi connectivity index (χ1v) is 11.5. The second-order valence-electron chi connectivity index (χ2n) is 7.59. The number of piperidine rings is 1. The third-order valence-corrected chi connectivity index (χ3v) is 8.11. The van der Waals surface area contributed by atoms with Gasteiger partial charge in [-0.1, -0.05) is 19.3 Å². The van der Waals surface area contributed by atoms with Crippen LogP contribution in [0.2, 0.25) is 0 Å². The lowest BCUT2D eigenvalue weighted by atomic mass is 9.91. The lowest BCUT2D eigenvalue weighted by Crippen LogP contribution is -2.42. The fourth-order valence-corrected chi connectivity index (χ4v) is 6.20. The van der Waals surface area contributed by atoms with E-state index in [2.05, 4.69) is 44.0 Å². The number of fused-ring (bicyclic) bond motifs is 1. The highest BCUT2D eigenvalue weighted by atomic mass is 79.9. The van der Waals surface area contributed by atoms with Crippen LogP contribution in [-0.2, 0) is 0 Å². The zero-order valence-electron chi connectivity index (χ0n) is 14.8. The average molecular weight is 419 g/mol. The molecule has 0 bridgehead atoms. The van der Waals surface area contributed by atoms with Gasteiger partial charge in [-0.3, -0.25) is 4.98 Å². The first-order chi connectivity index (χ1) is 12.3. The monoisotopic (exact) mass is 418 g/mol. The van der Waals surface area contributed by atoms with Crippen molar-refractivity contribution in [2.45, 2.75) is 55.9 Å². The highest BCUT2D eigenvalue weighted by Gasteiger charge is 2.26. The van der Waals surface area contributed by atoms with Crippen LogP contribution in [0.1, 0.15) is 44.9 Å². The summed E-state index contributed by atoms with van der Waals surface area (Å²) in [6.45, 7) is 2.64. The number of hydrogen-bond donors (Lipinski definition) is 0. The van der Waals surface area contributed by atoms with E-state index < -0.39 is 0 Å². The minimum atomic E-state index is 0.866. The minimum Gasteiger partial charge on any atom is -0.300 e. The van der Waals surface area contributed by atoms with Crippen molar-refractivity contribution >= 4 is 38.5 Å². The molecular weight excluding hydrogens is 392 g/mol. The van der Waals surface area contributed by atoms with Crippen molar-refractivity contribution in [3.05, 3.63) is 35.1 Å². The Bertz CT molecular complexity index is 706. The van der Waals surface area contributed by atoms with Crippen molar-refractivity contribution in [1.29, 1.82) is 0 Å². The van der Waals surface area contributed by atoms with Gasteiger partial charge >= 0.3 is 0 Å². The Labute approximate surface area is 163 Å². The van der Waals surface area contributed by atoms with Crippen LogP contribution < -0.4 is 0 Å². The molecule has 0 atom stereocenters. The predicted molar refractivity (Wildman–Crippen MR) is 111 cm³/mol. The van der Waals surface area contributed by atoms with Gasteiger partial charge in [-0.05, 0) is 84.2 Å². The Morgan fingerprint density at radius 3 is 2.64 bits per heavy atom. The van der Waals surface area contributed by atoms with Crippen molar-refractivity contribution in [2.24, 2.45) is 5.92 Å². The molecule has 2 heterocycles. The smallest absolute Gasteiger partial charge is 0.0346 e. The first-order valence-electron chi connectivity index (χ1n) is 9.70. The van der Waals surface area contributed by atoms with Gasteiger partial charge in [0.2, 0.25) is 0 Å². The fourth-order valence-electron chi connectivity index (χ4n) is 4.34. The van der Waals surface area contributed by atoms with Crippen LogP contribution in [0.4, 0.5) is 0 Å². The van der Waals surface area contributed by atoms with E-state index in [9.17, 15) is 0 Å². The Morgan fingerprint density at radius 1 is 1.04 bits per heavy atom. The lowest BCUT2D eigenvalue weighted by Gasteiger charge is -2.39. The average Bonchev–Trinajstić information content (AvgIpc) is 2.67. The molecule has 4 heteroatoms. The van der Waals surface area contributed by atoms with Gasteiger partial charge in [-0.25, -0.2) is 0 Å². The van der Waals surface area contributed by atoms with Crippen LogP contribution in [0.25, 0.3) is 10.8 Å². The third kappa shape index (κ3) is 4.40. The summed E-state index contributed by atoms with van der Waals surface area (Å²) in [5.74, 6) is 2.11. The molecule has 1 aliphatic heterocycles. The second kappa shape index (κ2) is 8.41. The SMILES string of the molecule is Brc1cc2cnccc2cc1SCC1CCN(C2CCCCC2)CC1. The number of aromatic nitrogens is 1. The van der Waals surface area contributed by atoms with E-state index in [1.807, 2.05) is 24.2 Å². The number of rotatable bonds is 4. The number of thioether (sulfide) groups is 1. The first kappa shape index (κ1) is 17.8. The van der Waals surface area contributed by atoms with E-state index in [0.717, 1.165) is 12.0 Å². The highest BCUT2D eigenvalue weighted by Crippen LogP contribution is 2.35. The minimum absolute atomic E-state index is 0.866. The van der Waals surface area contributed by atoms with E-state index in [-0.39, 0.29) is 0 Å². The van der Waals surface area contributed by atoms with Crippen molar-refractivity contribution in [1.82, 2.24) is 9.88 Å². The summed E-state index contributed by atoms with van der Waals surface area (Å²) < 4.78 is 1.21. The predicted octanol–water partition coefficient (Wildman–Crippen LogP) is 6.13. The largest absolute Gasteiger partial charge is 0.300 e. The van der Waals surface area contributed by atoms with Crippen LogP contribution in [0.5, 0.6) is 0 Å². The molecule has 134 valence electrons. The standard InChI is InChI=1S/C21H27BrN2S/c22-20-12-18-14-23-9-6-17(18)13-21(20)25-15-16-7-10-24(11-8-16)19-4-2-1-3-5-19/h6,9,12-14,16,19H,1-5,7-8,10-11,15H2. The van der Waals surface area contributed by atoms with Crippen LogP contribution in [-0.4, -0.2) is 34.8 Å².